The fraction of sp³-hybridized carbons (Fsp3) is 0.692. The molecule has 0 aromatic rings. The first kappa shape index (κ1) is 15.9. The molecule has 1 heteroatoms. The van der Waals surface area contributed by atoms with E-state index in [1.165, 1.54) is 11.1 Å². The minimum atomic E-state index is 0.716. The van der Waals surface area contributed by atoms with Crippen molar-refractivity contribution >= 4 is 0 Å². The van der Waals surface area contributed by atoms with Gasteiger partial charge in [-0.25, -0.2) is 0 Å². The molecule has 84 valence electrons. The Balaban J connectivity index is 0. The highest BCUT2D eigenvalue weighted by molar-refractivity contribution is 5.29. The third-order valence-electron chi connectivity index (χ3n) is 1.37. The first-order valence-electron chi connectivity index (χ1n) is 5.61. The minimum Gasteiger partial charge on any atom is -0.327 e. The van der Waals surface area contributed by atoms with Gasteiger partial charge in [-0.2, -0.15) is 0 Å². The summed E-state index contributed by atoms with van der Waals surface area (Å²) in [4.78, 5) is 0. The van der Waals surface area contributed by atoms with Gasteiger partial charge in [-0.1, -0.05) is 57.9 Å². The summed E-state index contributed by atoms with van der Waals surface area (Å²) in [6.45, 7) is 13.3. The maximum atomic E-state index is 5.39. The molecule has 0 radical (unpaired) electrons. The summed E-state index contributed by atoms with van der Waals surface area (Å²) in [5.41, 5.74) is 8.17. The average molecular weight is 197 g/mol. The highest BCUT2D eigenvalue weighted by Crippen LogP contribution is 2.15. The lowest BCUT2D eigenvalue weighted by atomic mass is 10.2. The van der Waals surface area contributed by atoms with Gasteiger partial charge in [-0.15, -0.1) is 0 Å². The minimum absolute atomic E-state index is 0.716. The second-order valence-corrected chi connectivity index (χ2v) is 3.95. The summed E-state index contributed by atoms with van der Waals surface area (Å²) in [6, 6.07) is 0. The number of nitrogens with two attached hydrogens (primary N) is 1. The molecular weight excluding hydrogens is 170 g/mol. The van der Waals surface area contributed by atoms with E-state index in [4.69, 9.17) is 5.73 Å². The van der Waals surface area contributed by atoms with E-state index in [-0.39, 0.29) is 0 Å². The third-order valence-corrected chi connectivity index (χ3v) is 1.37. The van der Waals surface area contributed by atoms with Crippen molar-refractivity contribution in [1.29, 1.82) is 0 Å². The molecule has 1 rings (SSSR count). The molecule has 1 nitrogen and oxygen atoms in total. The lowest BCUT2D eigenvalue weighted by Crippen LogP contribution is -2.00. The molecule has 0 aromatic heterocycles. The van der Waals surface area contributed by atoms with E-state index in [9.17, 15) is 0 Å². The van der Waals surface area contributed by atoms with Gasteiger partial charge < -0.3 is 5.73 Å². The predicted molar refractivity (Wildman–Crippen MR) is 67.4 cm³/mol. The summed E-state index contributed by atoms with van der Waals surface area (Å²) in [5, 5.41) is 0. The standard InChI is InChI=1S/C7H11N.C4H10.C2H6/c1-6-2-3-7(4-6)5-8;1-4(2)3;1-2/h2-3H,4-5,8H2,1H3;4H,1-3H3;1-2H3. The molecule has 0 aromatic carbocycles. The number of hydrogen-bond acceptors (Lipinski definition) is 1. The summed E-state index contributed by atoms with van der Waals surface area (Å²) in [7, 11) is 0. The van der Waals surface area contributed by atoms with Gasteiger partial charge in [0.15, 0.2) is 0 Å². The van der Waals surface area contributed by atoms with Crippen LogP contribution in [0.3, 0.4) is 0 Å². The Morgan fingerprint density at radius 1 is 1.21 bits per heavy atom. The molecule has 0 amide bonds. The zero-order valence-electron chi connectivity index (χ0n) is 10.7. The summed E-state index contributed by atoms with van der Waals surface area (Å²) in [6.07, 6.45) is 5.33. The van der Waals surface area contributed by atoms with Crippen LogP contribution in [0.15, 0.2) is 23.3 Å². The largest absolute Gasteiger partial charge is 0.327 e. The zero-order chi connectivity index (χ0) is 11.6. The molecule has 0 heterocycles. The van der Waals surface area contributed by atoms with Crippen molar-refractivity contribution in [2.24, 2.45) is 11.7 Å². The van der Waals surface area contributed by atoms with Gasteiger partial charge in [0.1, 0.15) is 0 Å². The van der Waals surface area contributed by atoms with Crippen molar-refractivity contribution < 1.29 is 0 Å². The molecule has 0 aliphatic heterocycles. The van der Waals surface area contributed by atoms with Crippen LogP contribution in [0.2, 0.25) is 0 Å². The van der Waals surface area contributed by atoms with Gasteiger partial charge >= 0.3 is 0 Å². The number of allylic oxidation sites excluding steroid dienone is 3. The van der Waals surface area contributed by atoms with Crippen LogP contribution in [0, 0.1) is 5.92 Å². The maximum absolute atomic E-state index is 5.39. The van der Waals surface area contributed by atoms with Gasteiger partial charge in [0, 0.05) is 6.54 Å². The number of hydrogen-bond donors (Lipinski definition) is 1. The molecule has 14 heavy (non-hydrogen) atoms. The average Bonchev–Trinajstić information content (AvgIpc) is 2.54. The smallest absolute Gasteiger partial charge is 0.0143 e. The molecule has 0 saturated heterocycles. The van der Waals surface area contributed by atoms with Gasteiger partial charge in [0.2, 0.25) is 0 Å². The molecule has 0 unspecified atom stereocenters. The van der Waals surface area contributed by atoms with Crippen LogP contribution in [0.25, 0.3) is 0 Å². The van der Waals surface area contributed by atoms with Crippen LogP contribution in [0.5, 0.6) is 0 Å². The lowest BCUT2D eigenvalue weighted by Gasteiger charge is -1.93. The highest BCUT2D eigenvalue weighted by atomic mass is 14.5. The fourth-order valence-electron chi connectivity index (χ4n) is 0.876. The Bertz CT molecular complexity index is 173. The second-order valence-electron chi connectivity index (χ2n) is 3.95. The molecule has 2 N–H and O–H groups in total. The molecule has 0 fully saturated rings. The molecule has 0 spiro atoms. The molecular formula is C13H27N. The van der Waals surface area contributed by atoms with Crippen molar-refractivity contribution in [3.63, 3.8) is 0 Å². The Morgan fingerprint density at radius 3 is 1.79 bits per heavy atom. The van der Waals surface area contributed by atoms with Gasteiger partial charge in [0.25, 0.3) is 0 Å². The van der Waals surface area contributed by atoms with E-state index in [1.54, 1.807) is 0 Å². The van der Waals surface area contributed by atoms with E-state index in [1.807, 2.05) is 13.8 Å². The molecule has 0 bridgehead atoms. The molecule has 0 saturated carbocycles. The fourth-order valence-corrected chi connectivity index (χ4v) is 0.876. The van der Waals surface area contributed by atoms with Crippen molar-refractivity contribution in [1.82, 2.24) is 0 Å². The highest BCUT2D eigenvalue weighted by Gasteiger charge is 1.99. The second kappa shape index (κ2) is 10.5. The summed E-state index contributed by atoms with van der Waals surface area (Å²) >= 11 is 0. The van der Waals surface area contributed by atoms with E-state index in [2.05, 4.69) is 39.8 Å². The summed E-state index contributed by atoms with van der Waals surface area (Å²) < 4.78 is 0. The van der Waals surface area contributed by atoms with Crippen LogP contribution < -0.4 is 5.73 Å². The van der Waals surface area contributed by atoms with Gasteiger partial charge in [0.05, 0.1) is 0 Å². The Kier molecular flexibility index (Phi) is 11.9. The SMILES string of the molecule is CC.CC(C)C.CC1=CC=C(CN)C1. The molecule has 1 aliphatic carbocycles. The Labute approximate surface area is 90.1 Å². The first-order valence-corrected chi connectivity index (χ1v) is 5.61. The topological polar surface area (TPSA) is 26.0 Å². The lowest BCUT2D eigenvalue weighted by molar-refractivity contribution is 0.737. The monoisotopic (exact) mass is 197 g/mol. The van der Waals surface area contributed by atoms with Crippen LogP contribution in [-0.4, -0.2) is 6.54 Å². The van der Waals surface area contributed by atoms with Gasteiger partial charge in [-0.3, -0.25) is 0 Å². The predicted octanol–water partition coefficient (Wildman–Crippen LogP) is 3.91. The van der Waals surface area contributed by atoms with E-state index in [0.29, 0.717) is 6.54 Å². The maximum Gasteiger partial charge on any atom is 0.0143 e. The normalized spacial score (nSPS) is 13.4. The van der Waals surface area contributed by atoms with Gasteiger partial charge in [-0.05, 0) is 19.3 Å². The van der Waals surface area contributed by atoms with Crippen LogP contribution in [-0.2, 0) is 0 Å². The van der Waals surface area contributed by atoms with Crippen LogP contribution in [0.1, 0.15) is 48.0 Å². The van der Waals surface area contributed by atoms with Crippen molar-refractivity contribution in [3.05, 3.63) is 23.3 Å². The molecule has 1 aliphatic rings. The molecule has 0 atom stereocenters. The van der Waals surface area contributed by atoms with Crippen molar-refractivity contribution in [2.75, 3.05) is 6.54 Å². The van der Waals surface area contributed by atoms with E-state index >= 15 is 0 Å². The summed E-state index contributed by atoms with van der Waals surface area (Å²) in [5.74, 6) is 0.833. The Hall–Kier alpha value is -0.560. The zero-order valence-corrected chi connectivity index (χ0v) is 10.7. The quantitative estimate of drug-likeness (QED) is 0.677. The van der Waals surface area contributed by atoms with Crippen molar-refractivity contribution in [2.45, 2.75) is 48.0 Å². The van der Waals surface area contributed by atoms with Crippen LogP contribution in [0.4, 0.5) is 0 Å². The van der Waals surface area contributed by atoms with E-state index in [0.717, 1.165) is 12.3 Å². The third kappa shape index (κ3) is 11.4. The van der Waals surface area contributed by atoms with Crippen LogP contribution >= 0.6 is 0 Å². The van der Waals surface area contributed by atoms with Crippen molar-refractivity contribution in [3.8, 4) is 0 Å². The number of rotatable bonds is 1. The first-order chi connectivity index (χ1) is 6.56. The van der Waals surface area contributed by atoms with E-state index < -0.39 is 0 Å². The Morgan fingerprint density at radius 2 is 1.64 bits per heavy atom.